The summed E-state index contributed by atoms with van der Waals surface area (Å²) in [7, 11) is -10.3. The van der Waals surface area contributed by atoms with E-state index in [0.717, 1.165) is 13.1 Å². The third-order valence-electron chi connectivity index (χ3n) is 0.250. The van der Waals surface area contributed by atoms with Crippen LogP contribution in [0.2, 0.25) is 0 Å². The van der Waals surface area contributed by atoms with Crippen molar-refractivity contribution in [3.63, 3.8) is 0 Å². The molecular formula is C2H10CoN2O8S2. The summed E-state index contributed by atoms with van der Waals surface area (Å²) >= 11 is 0. The molecule has 0 aromatic rings. The maximum atomic E-state index is 8.52. The zero-order valence-corrected chi connectivity index (χ0v) is 9.92. The summed E-state index contributed by atoms with van der Waals surface area (Å²) < 4.78 is 68.2. The van der Waals surface area contributed by atoms with Crippen molar-refractivity contribution in [2.75, 3.05) is 13.1 Å². The zero-order valence-electron chi connectivity index (χ0n) is 7.24. The topological polar surface area (TPSA) is 216 Å². The summed E-state index contributed by atoms with van der Waals surface area (Å²) in [6.07, 6.45) is 0. The molecule has 10 nitrogen and oxygen atoms in total. The average molecular weight is 313 g/mol. The van der Waals surface area contributed by atoms with E-state index in [0.29, 0.717) is 0 Å². The van der Waals surface area contributed by atoms with E-state index in [4.69, 9.17) is 35.0 Å². The van der Waals surface area contributed by atoms with Crippen LogP contribution in [0.3, 0.4) is 0 Å². The van der Waals surface area contributed by atoms with Crippen molar-refractivity contribution in [3.8, 4) is 0 Å². The van der Waals surface area contributed by atoms with Crippen LogP contribution in [0, 0.1) is 0 Å². The van der Waals surface area contributed by atoms with Crippen LogP contribution >= 0.6 is 0 Å². The minimum Gasteiger partial charge on any atom is -0.759 e. The largest absolute Gasteiger partial charge is 2.00 e. The molecule has 0 aliphatic rings. The molecule has 0 saturated heterocycles. The van der Waals surface area contributed by atoms with Gasteiger partial charge in [-0.15, -0.1) is 0 Å². The molecule has 13 heteroatoms. The van der Waals surface area contributed by atoms with Crippen LogP contribution in [-0.4, -0.2) is 48.1 Å². The molecule has 0 unspecified atom stereocenters. The first-order valence-electron chi connectivity index (χ1n) is 2.83. The van der Waals surface area contributed by atoms with Crippen molar-refractivity contribution in [2.45, 2.75) is 0 Å². The normalized spacial score (nSPS) is 9.73. The average Bonchev–Trinajstić information content (AvgIpc) is 1.79. The minimum absolute atomic E-state index is 0. The van der Waals surface area contributed by atoms with E-state index in [1.165, 1.54) is 0 Å². The third kappa shape index (κ3) is 1540. The molecule has 0 aliphatic heterocycles. The van der Waals surface area contributed by atoms with E-state index in [1.807, 2.05) is 0 Å². The van der Waals surface area contributed by atoms with E-state index < -0.39 is 20.8 Å². The van der Waals surface area contributed by atoms with E-state index in [2.05, 4.69) is 11.5 Å². The van der Waals surface area contributed by atoms with Gasteiger partial charge in [0.1, 0.15) is 13.1 Å². The molecule has 1 radical (unpaired) electrons. The van der Waals surface area contributed by atoms with Crippen molar-refractivity contribution in [1.82, 2.24) is 0 Å². The second kappa shape index (κ2) is 12.2. The van der Waals surface area contributed by atoms with Crippen molar-refractivity contribution in [3.05, 3.63) is 0 Å². The maximum absolute atomic E-state index is 8.52. The van der Waals surface area contributed by atoms with Crippen molar-refractivity contribution < 1.29 is 63.3 Å². The first kappa shape index (κ1) is 24.4. The molecule has 0 bridgehead atoms. The third-order valence-corrected chi connectivity index (χ3v) is 0.250. The van der Waals surface area contributed by atoms with Crippen LogP contribution in [-0.2, 0) is 37.6 Å². The van der Waals surface area contributed by atoms with E-state index in [1.54, 1.807) is 0 Å². The number of hydrogen-bond acceptors (Lipinski definition) is 8. The second-order valence-corrected chi connectivity index (χ2v) is 3.16. The molecule has 0 atom stereocenters. The van der Waals surface area contributed by atoms with Crippen LogP contribution in [0.5, 0.6) is 0 Å². The van der Waals surface area contributed by atoms with Crippen LogP contribution in [0.15, 0.2) is 0 Å². The van der Waals surface area contributed by atoms with Gasteiger partial charge < -0.3 is 29.7 Å². The van der Waals surface area contributed by atoms with Gasteiger partial charge in [-0.3, -0.25) is 16.8 Å². The van der Waals surface area contributed by atoms with Gasteiger partial charge in [-0.2, -0.15) is 0 Å². The molecule has 0 spiro atoms. The van der Waals surface area contributed by atoms with Gasteiger partial charge in [-0.1, -0.05) is 0 Å². The molecule has 0 aromatic heterocycles. The maximum Gasteiger partial charge on any atom is 2.00 e. The minimum atomic E-state index is -5.17. The first-order chi connectivity index (χ1) is 5.91. The Hall–Kier alpha value is 0.166. The van der Waals surface area contributed by atoms with E-state index >= 15 is 0 Å². The summed E-state index contributed by atoms with van der Waals surface area (Å²) in [6.45, 7) is 1.92. The Morgan fingerprint density at radius 1 is 0.733 bits per heavy atom. The Morgan fingerprint density at radius 3 is 0.800 bits per heavy atom. The summed E-state index contributed by atoms with van der Waals surface area (Å²) in [4.78, 5) is 0. The molecule has 0 fully saturated rings. The quantitative estimate of drug-likeness (QED) is 0.351. The Kier molecular flexibility index (Phi) is 19.9. The number of quaternary nitrogens is 2. The second-order valence-electron chi connectivity index (χ2n) is 1.52. The predicted octanol–water partition coefficient (Wildman–Crippen LogP) is -5.21. The summed E-state index contributed by atoms with van der Waals surface area (Å²) in [5.74, 6) is 0. The predicted molar refractivity (Wildman–Crippen MR) is 36.5 cm³/mol. The smallest absolute Gasteiger partial charge is 0.759 e. The van der Waals surface area contributed by atoms with Gasteiger partial charge in [0.05, 0.1) is 0 Å². The fraction of sp³-hybridized carbons (Fsp3) is 1.00. The van der Waals surface area contributed by atoms with Gasteiger partial charge in [0.25, 0.3) is 0 Å². The molecule has 0 aliphatic carbocycles. The fourth-order valence-corrected chi connectivity index (χ4v) is 0. The number of rotatable bonds is 1. The molecule has 15 heavy (non-hydrogen) atoms. The Bertz CT molecular complexity index is 249. The van der Waals surface area contributed by atoms with Gasteiger partial charge in [0.15, 0.2) is 0 Å². The Balaban J connectivity index is -0.0000000590. The van der Waals surface area contributed by atoms with Crippen LogP contribution in [0.25, 0.3) is 0 Å². The summed E-state index contributed by atoms with van der Waals surface area (Å²) in [5.41, 5.74) is 7.08. The summed E-state index contributed by atoms with van der Waals surface area (Å²) in [5, 5.41) is 0. The van der Waals surface area contributed by atoms with Crippen LogP contribution < -0.4 is 11.5 Å². The number of hydrogen-bond donors (Lipinski definition) is 2. The van der Waals surface area contributed by atoms with Crippen molar-refractivity contribution in [2.24, 2.45) is 0 Å². The van der Waals surface area contributed by atoms with Crippen molar-refractivity contribution >= 4 is 20.8 Å². The first-order valence-corrected chi connectivity index (χ1v) is 5.50. The zero-order chi connectivity index (χ0) is 12.4. The Morgan fingerprint density at radius 2 is 0.800 bits per heavy atom. The molecule has 97 valence electrons. The Labute approximate surface area is 97.4 Å². The standard InChI is InChI=1S/C2H8N2.Co.2H2O4S/c3-1-2-4;;2*1-5(2,3)4/h1-4H2;;2*(H2,1,2,3,4)/q;+2;;/p-2. The van der Waals surface area contributed by atoms with Crippen molar-refractivity contribution in [1.29, 1.82) is 0 Å². The molecule has 0 rings (SSSR count). The van der Waals surface area contributed by atoms with E-state index in [9.17, 15) is 0 Å². The molecule has 6 N–H and O–H groups in total. The summed E-state index contributed by atoms with van der Waals surface area (Å²) in [6, 6.07) is 0. The molecule has 0 aromatic carbocycles. The SMILES string of the molecule is O=S(=O)([O-])[O-].O=S(=O)([O-])[O-].[Co+2].[NH3+]CC[NH3+]. The van der Waals surface area contributed by atoms with Gasteiger partial charge in [-0.05, 0) is 0 Å². The molecule has 0 amide bonds. The van der Waals surface area contributed by atoms with Gasteiger partial charge >= 0.3 is 16.8 Å². The van der Waals surface area contributed by atoms with E-state index in [-0.39, 0.29) is 16.8 Å². The van der Waals surface area contributed by atoms with Gasteiger partial charge in [-0.25, -0.2) is 0 Å². The molecule has 0 heterocycles. The molecular weight excluding hydrogens is 303 g/mol. The monoisotopic (exact) mass is 313 g/mol. The van der Waals surface area contributed by atoms with Gasteiger partial charge in [0, 0.05) is 20.8 Å². The van der Waals surface area contributed by atoms with Crippen LogP contribution in [0.4, 0.5) is 0 Å². The van der Waals surface area contributed by atoms with Gasteiger partial charge in [0.2, 0.25) is 0 Å². The van der Waals surface area contributed by atoms with Crippen LogP contribution in [0.1, 0.15) is 0 Å². The molecule has 0 saturated carbocycles. The fourth-order valence-electron chi connectivity index (χ4n) is 0.